The van der Waals surface area contributed by atoms with E-state index in [4.69, 9.17) is 16.3 Å². The van der Waals surface area contributed by atoms with E-state index < -0.39 is 6.09 Å². The minimum atomic E-state index is -0.426. The lowest BCUT2D eigenvalue weighted by molar-refractivity contribution is 0.201. The Bertz CT molecular complexity index is 969. The molecule has 0 aliphatic carbocycles. The summed E-state index contributed by atoms with van der Waals surface area (Å²) in [6.07, 6.45) is -0.426. The number of carbonyl (C=O) groups is 1. The quantitative estimate of drug-likeness (QED) is 0.436. The molecule has 1 aromatic heterocycles. The number of amides is 1. The topological polar surface area (TPSA) is 101 Å². The molecule has 0 radical (unpaired) electrons. The van der Waals surface area contributed by atoms with Gasteiger partial charge in [0.15, 0.2) is 0 Å². The summed E-state index contributed by atoms with van der Waals surface area (Å²) >= 11 is 5.77. The average molecular weight is 507 g/mol. The van der Waals surface area contributed by atoms with Crippen molar-refractivity contribution in [1.29, 1.82) is 0 Å². The van der Waals surface area contributed by atoms with Crippen LogP contribution >= 0.6 is 11.6 Å². The molecule has 0 bridgehead atoms. The second kappa shape index (κ2) is 11.9. The molecule has 0 atom stereocenters. The molecule has 8 nitrogen and oxygen atoms in total. The fourth-order valence-corrected chi connectivity index (χ4v) is 3.28. The zero-order valence-electron chi connectivity index (χ0n) is 23.4. The van der Waals surface area contributed by atoms with Gasteiger partial charge in [-0.05, 0) is 57.0 Å². The number of carbonyl (C=O) groups excluding carboxylic acids is 1. The third-order valence-electron chi connectivity index (χ3n) is 4.68. The predicted octanol–water partition coefficient (Wildman–Crippen LogP) is 6.48. The number of aromatic nitrogens is 3. The van der Waals surface area contributed by atoms with Gasteiger partial charge in [-0.25, -0.2) is 4.79 Å². The Kier molecular flexibility index (Phi) is 10.3. The van der Waals surface area contributed by atoms with Gasteiger partial charge in [0.2, 0.25) is 17.2 Å². The van der Waals surface area contributed by atoms with Crippen LogP contribution in [0.25, 0.3) is 0 Å². The predicted molar refractivity (Wildman–Crippen MR) is 146 cm³/mol. The van der Waals surface area contributed by atoms with Crippen LogP contribution in [0.4, 0.5) is 16.7 Å². The number of rotatable bonds is 4. The zero-order chi connectivity index (χ0) is 27.2. The number of anilines is 2. The van der Waals surface area contributed by atoms with E-state index in [1.165, 1.54) is 5.56 Å². The highest BCUT2D eigenvalue weighted by molar-refractivity contribution is 6.28. The van der Waals surface area contributed by atoms with E-state index in [1.807, 2.05) is 27.7 Å². The first-order valence-electron chi connectivity index (χ1n) is 11.9. The Hall–Kier alpha value is -2.61. The van der Waals surface area contributed by atoms with E-state index in [1.54, 1.807) is 7.05 Å². The molecule has 0 saturated carbocycles. The number of nitrogens with one attached hydrogen (secondary N) is 3. The second-order valence-electron chi connectivity index (χ2n) is 11.5. The third kappa shape index (κ3) is 10.3. The second-order valence-corrected chi connectivity index (χ2v) is 11.8. The van der Waals surface area contributed by atoms with Crippen LogP contribution in [0.3, 0.4) is 0 Å². The van der Waals surface area contributed by atoms with E-state index in [-0.39, 0.29) is 21.7 Å². The summed E-state index contributed by atoms with van der Waals surface area (Å²) < 4.78 is 5.58. The zero-order valence-corrected chi connectivity index (χ0v) is 24.2. The van der Waals surface area contributed by atoms with E-state index in [0.29, 0.717) is 17.6 Å². The Labute approximate surface area is 216 Å². The lowest BCUT2D eigenvalue weighted by Gasteiger charge is -2.29. The first kappa shape index (κ1) is 30.4. The standard InChI is InChI=1S/C17H27NO2.C9H16ClN5/c1-11-9-12(16(2,3)4)14(20-15(19)18-8)13(10-11)17(5,6)7;1-5-11-7-12-6(10)13-8(14-7)15-9(2,3)4/h9-10H,1-8H3,(H,18,19);5H2,1-4H3,(H2,11,12,13,14,15). The van der Waals surface area contributed by atoms with Crippen molar-refractivity contribution < 1.29 is 9.53 Å². The first-order valence-corrected chi connectivity index (χ1v) is 12.2. The van der Waals surface area contributed by atoms with Gasteiger partial charge in [0.25, 0.3) is 0 Å². The normalized spacial score (nSPS) is 11.8. The molecule has 0 saturated heterocycles. The largest absolute Gasteiger partial charge is 0.412 e. The molecule has 9 heteroatoms. The highest BCUT2D eigenvalue weighted by atomic mass is 35.5. The van der Waals surface area contributed by atoms with Crippen molar-refractivity contribution in [2.75, 3.05) is 24.2 Å². The van der Waals surface area contributed by atoms with E-state index in [0.717, 1.165) is 17.7 Å². The van der Waals surface area contributed by atoms with Crippen LogP contribution in [0, 0.1) is 6.92 Å². The van der Waals surface area contributed by atoms with Crippen molar-refractivity contribution in [2.24, 2.45) is 0 Å². The summed E-state index contributed by atoms with van der Waals surface area (Å²) in [6.45, 7) is 23.6. The summed E-state index contributed by atoms with van der Waals surface area (Å²) in [6, 6.07) is 4.21. The molecular formula is C26H43ClN6O2. The first-order chi connectivity index (χ1) is 15.9. The van der Waals surface area contributed by atoms with Crippen LogP contribution in [0.5, 0.6) is 5.75 Å². The number of hydrogen-bond acceptors (Lipinski definition) is 7. The fourth-order valence-electron chi connectivity index (χ4n) is 3.12. The summed E-state index contributed by atoms with van der Waals surface area (Å²) in [5.74, 6) is 1.66. The smallest absolute Gasteiger partial charge is 0.410 e. The average Bonchev–Trinajstić information content (AvgIpc) is 2.66. The molecule has 196 valence electrons. The molecular weight excluding hydrogens is 464 g/mol. The maximum absolute atomic E-state index is 11.7. The Morgan fingerprint density at radius 2 is 1.40 bits per heavy atom. The van der Waals surface area contributed by atoms with Crippen LogP contribution in [0.2, 0.25) is 5.28 Å². The van der Waals surface area contributed by atoms with Crippen molar-refractivity contribution in [1.82, 2.24) is 20.3 Å². The highest BCUT2D eigenvalue weighted by Gasteiger charge is 2.28. The molecule has 2 aromatic rings. The molecule has 0 aliphatic rings. The Morgan fingerprint density at radius 1 is 0.914 bits per heavy atom. The van der Waals surface area contributed by atoms with Crippen LogP contribution in [-0.4, -0.2) is 40.2 Å². The van der Waals surface area contributed by atoms with Gasteiger partial charge in [0, 0.05) is 30.3 Å². The fraction of sp³-hybridized carbons (Fsp3) is 0.615. The number of nitrogens with zero attached hydrogens (tertiary/aromatic N) is 3. The number of halogens is 1. The van der Waals surface area contributed by atoms with E-state index >= 15 is 0 Å². The lowest BCUT2D eigenvalue weighted by atomic mass is 9.78. The molecule has 0 spiro atoms. The van der Waals surface area contributed by atoms with Crippen molar-refractivity contribution in [3.8, 4) is 5.75 Å². The maximum atomic E-state index is 11.7. The monoisotopic (exact) mass is 506 g/mol. The number of ether oxygens (including phenoxy) is 1. The molecule has 1 amide bonds. The maximum Gasteiger partial charge on any atom is 0.412 e. The third-order valence-corrected chi connectivity index (χ3v) is 4.85. The molecule has 3 N–H and O–H groups in total. The van der Waals surface area contributed by atoms with Crippen molar-refractivity contribution in [3.05, 3.63) is 34.1 Å². The number of aryl methyl sites for hydroxylation is 1. The highest BCUT2D eigenvalue weighted by Crippen LogP contribution is 2.40. The molecule has 2 rings (SSSR count). The lowest BCUT2D eigenvalue weighted by Crippen LogP contribution is -2.27. The Morgan fingerprint density at radius 3 is 1.80 bits per heavy atom. The molecule has 35 heavy (non-hydrogen) atoms. The van der Waals surface area contributed by atoms with Gasteiger partial charge in [0.05, 0.1) is 0 Å². The van der Waals surface area contributed by atoms with Gasteiger partial charge in [0.1, 0.15) is 5.75 Å². The summed E-state index contributed by atoms with van der Waals surface area (Å²) in [5.41, 5.74) is 3.03. The van der Waals surface area contributed by atoms with Gasteiger partial charge < -0.3 is 20.7 Å². The summed E-state index contributed by atoms with van der Waals surface area (Å²) in [4.78, 5) is 23.8. The number of benzene rings is 1. The van der Waals surface area contributed by atoms with Gasteiger partial charge in [-0.1, -0.05) is 59.2 Å². The molecule has 1 heterocycles. The van der Waals surface area contributed by atoms with Crippen LogP contribution in [-0.2, 0) is 10.8 Å². The summed E-state index contributed by atoms with van der Waals surface area (Å²) in [7, 11) is 1.57. The van der Waals surface area contributed by atoms with Crippen molar-refractivity contribution in [2.45, 2.75) is 92.5 Å². The SMILES string of the molecule is CCNc1nc(Cl)nc(NC(C)(C)C)n1.CNC(=O)Oc1c(C(C)(C)C)cc(C)cc1C(C)(C)C. The minimum Gasteiger partial charge on any atom is -0.410 e. The molecule has 0 unspecified atom stereocenters. The van der Waals surface area contributed by atoms with E-state index in [9.17, 15) is 4.79 Å². The van der Waals surface area contributed by atoms with Gasteiger partial charge in [-0.2, -0.15) is 15.0 Å². The summed E-state index contributed by atoms with van der Waals surface area (Å²) in [5, 5.41) is 8.83. The van der Waals surface area contributed by atoms with Gasteiger partial charge >= 0.3 is 6.09 Å². The molecule has 1 aromatic carbocycles. The van der Waals surface area contributed by atoms with Crippen LogP contribution in [0.15, 0.2) is 12.1 Å². The number of hydrogen-bond donors (Lipinski definition) is 3. The van der Waals surface area contributed by atoms with Crippen LogP contribution < -0.4 is 20.7 Å². The van der Waals surface area contributed by atoms with Gasteiger partial charge in [-0.15, -0.1) is 0 Å². The minimum absolute atomic E-state index is 0.0879. The van der Waals surface area contributed by atoms with E-state index in [2.05, 4.69) is 91.5 Å². The Balaban J connectivity index is 0.000000365. The van der Waals surface area contributed by atoms with Crippen molar-refractivity contribution in [3.63, 3.8) is 0 Å². The molecule has 0 fully saturated rings. The van der Waals surface area contributed by atoms with Crippen molar-refractivity contribution >= 4 is 29.6 Å². The van der Waals surface area contributed by atoms with Gasteiger partial charge in [-0.3, -0.25) is 0 Å². The van der Waals surface area contributed by atoms with Crippen LogP contribution in [0.1, 0.15) is 85.9 Å². The molecule has 0 aliphatic heterocycles.